The summed E-state index contributed by atoms with van der Waals surface area (Å²) in [5.74, 6) is -0.0343. The van der Waals surface area contributed by atoms with Gasteiger partial charge in [-0.3, -0.25) is 4.79 Å². The molecule has 1 rings (SSSR count). The molecule has 5 heteroatoms. The highest BCUT2D eigenvalue weighted by Gasteiger charge is 2.07. The minimum Gasteiger partial charge on any atom is -0.395 e. The molecule has 0 aliphatic heterocycles. The van der Waals surface area contributed by atoms with Gasteiger partial charge in [0.25, 0.3) is 0 Å². The van der Waals surface area contributed by atoms with Gasteiger partial charge in [0, 0.05) is 25.2 Å². The largest absolute Gasteiger partial charge is 0.395 e. The van der Waals surface area contributed by atoms with Crippen LogP contribution in [0.5, 0.6) is 0 Å². The van der Waals surface area contributed by atoms with Crippen LogP contribution in [0.3, 0.4) is 0 Å². The normalized spacial score (nSPS) is 12.2. The fourth-order valence-corrected chi connectivity index (χ4v) is 1.47. The van der Waals surface area contributed by atoms with Crippen LogP contribution in [-0.4, -0.2) is 35.8 Å². The summed E-state index contributed by atoms with van der Waals surface area (Å²) in [5, 5.41) is 24.1. The van der Waals surface area contributed by atoms with Crippen LogP contribution < -0.4 is 10.6 Å². The Hall–Kier alpha value is -1.43. The predicted molar refractivity (Wildman–Crippen MR) is 70.3 cm³/mol. The molecule has 0 aromatic heterocycles. The van der Waals surface area contributed by atoms with Crippen molar-refractivity contribution in [3.63, 3.8) is 0 Å². The highest BCUT2D eigenvalue weighted by atomic mass is 16.3. The topological polar surface area (TPSA) is 81.6 Å². The first kappa shape index (κ1) is 14.6. The number of amides is 1. The zero-order valence-corrected chi connectivity index (χ0v) is 10.5. The number of nitrogens with one attached hydrogen (secondary N) is 2. The lowest BCUT2D eigenvalue weighted by Crippen LogP contribution is -2.24. The smallest absolute Gasteiger partial charge is 0.224 e. The number of hydrogen-bond donors (Lipinski definition) is 4. The number of aliphatic hydroxyl groups is 2. The first-order chi connectivity index (χ1) is 8.67. The Morgan fingerprint density at radius 2 is 2.00 bits per heavy atom. The van der Waals surface area contributed by atoms with Crippen LogP contribution in [0.15, 0.2) is 24.3 Å². The van der Waals surface area contributed by atoms with E-state index in [4.69, 9.17) is 5.11 Å². The maximum Gasteiger partial charge on any atom is 0.224 e. The Morgan fingerprint density at radius 3 is 2.56 bits per heavy atom. The number of anilines is 1. The van der Waals surface area contributed by atoms with Crippen molar-refractivity contribution in [3.8, 4) is 0 Å². The minimum atomic E-state index is -0.618. The van der Waals surface area contributed by atoms with E-state index in [1.54, 1.807) is 31.2 Å². The van der Waals surface area contributed by atoms with E-state index in [0.29, 0.717) is 19.5 Å². The van der Waals surface area contributed by atoms with Crippen molar-refractivity contribution in [3.05, 3.63) is 29.8 Å². The van der Waals surface area contributed by atoms with Crippen LogP contribution >= 0.6 is 0 Å². The summed E-state index contributed by atoms with van der Waals surface area (Å²) in [7, 11) is 0. The number of rotatable bonds is 7. The second-order valence-electron chi connectivity index (χ2n) is 3.97. The summed E-state index contributed by atoms with van der Waals surface area (Å²) >= 11 is 0. The number of carbonyl (C=O) groups is 1. The zero-order chi connectivity index (χ0) is 13.4. The lowest BCUT2D eigenvalue weighted by Gasteiger charge is -2.12. The van der Waals surface area contributed by atoms with Gasteiger partial charge in [0.2, 0.25) is 5.91 Å². The Balaban J connectivity index is 2.51. The van der Waals surface area contributed by atoms with Gasteiger partial charge in [-0.1, -0.05) is 19.1 Å². The van der Waals surface area contributed by atoms with Gasteiger partial charge >= 0.3 is 0 Å². The van der Waals surface area contributed by atoms with Crippen LogP contribution in [0.25, 0.3) is 0 Å². The second-order valence-corrected chi connectivity index (χ2v) is 3.97. The van der Waals surface area contributed by atoms with Gasteiger partial charge in [0.15, 0.2) is 0 Å². The van der Waals surface area contributed by atoms with Gasteiger partial charge in [-0.05, 0) is 17.7 Å². The van der Waals surface area contributed by atoms with Crippen molar-refractivity contribution in [2.45, 2.75) is 19.4 Å². The number of aliphatic hydroxyl groups excluding tert-OH is 2. The molecule has 0 spiro atoms. The van der Waals surface area contributed by atoms with Crippen molar-refractivity contribution in [2.24, 2.45) is 0 Å². The van der Waals surface area contributed by atoms with E-state index in [-0.39, 0.29) is 12.5 Å². The van der Waals surface area contributed by atoms with Crippen molar-refractivity contribution in [2.75, 3.05) is 25.0 Å². The Kier molecular flexibility index (Phi) is 6.35. The Labute approximate surface area is 107 Å². The molecule has 0 fully saturated rings. The molecule has 0 aliphatic rings. The first-order valence-electron chi connectivity index (χ1n) is 6.06. The third kappa shape index (κ3) is 4.83. The average molecular weight is 252 g/mol. The van der Waals surface area contributed by atoms with E-state index < -0.39 is 6.10 Å². The Bertz CT molecular complexity index is 365. The van der Waals surface area contributed by atoms with Crippen LogP contribution in [0.4, 0.5) is 5.69 Å². The van der Waals surface area contributed by atoms with Crippen LogP contribution in [0.1, 0.15) is 25.0 Å². The van der Waals surface area contributed by atoms with E-state index >= 15 is 0 Å². The fourth-order valence-electron chi connectivity index (χ4n) is 1.47. The van der Waals surface area contributed by atoms with Crippen LogP contribution in [0.2, 0.25) is 0 Å². The van der Waals surface area contributed by atoms with E-state index in [1.807, 2.05) is 0 Å². The summed E-state index contributed by atoms with van der Waals surface area (Å²) < 4.78 is 0. The SMILES string of the molecule is CCC(=O)Nc1ccc(C(O)CNCCO)cc1. The molecule has 0 aliphatic carbocycles. The van der Waals surface area contributed by atoms with Crippen molar-refractivity contribution in [1.82, 2.24) is 5.32 Å². The monoisotopic (exact) mass is 252 g/mol. The molecule has 1 aromatic rings. The highest BCUT2D eigenvalue weighted by molar-refractivity contribution is 5.90. The third-order valence-corrected chi connectivity index (χ3v) is 2.53. The molecule has 4 N–H and O–H groups in total. The van der Waals surface area contributed by atoms with Crippen molar-refractivity contribution >= 4 is 11.6 Å². The number of benzene rings is 1. The summed E-state index contributed by atoms with van der Waals surface area (Å²) in [6.45, 7) is 2.69. The molecule has 0 heterocycles. The lowest BCUT2D eigenvalue weighted by atomic mass is 10.1. The van der Waals surface area contributed by atoms with E-state index in [1.165, 1.54) is 0 Å². The van der Waals surface area contributed by atoms with Crippen LogP contribution in [-0.2, 0) is 4.79 Å². The van der Waals surface area contributed by atoms with E-state index in [9.17, 15) is 9.90 Å². The molecule has 1 aromatic carbocycles. The molecule has 5 nitrogen and oxygen atoms in total. The first-order valence-corrected chi connectivity index (χ1v) is 6.06. The standard InChI is InChI=1S/C13H20N2O3/c1-2-13(18)15-11-5-3-10(4-6-11)12(17)9-14-7-8-16/h3-6,12,14,16-17H,2,7-9H2,1H3,(H,15,18). The van der Waals surface area contributed by atoms with Gasteiger partial charge in [-0.2, -0.15) is 0 Å². The van der Waals surface area contributed by atoms with E-state index in [0.717, 1.165) is 11.3 Å². The third-order valence-electron chi connectivity index (χ3n) is 2.53. The van der Waals surface area contributed by atoms with E-state index in [2.05, 4.69) is 10.6 Å². The van der Waals surface area contributed by atoms with Gasteiger partial charge < -0.3 is 20.8 Å². The molecule has 0 saturated heterocycles. The number of carbonyl (C=O) groups excluding carboxylic acids is 1. The molecule has 0 bridgehead atoms. The van der Waals surface area contributed by atoms with Gasteiger partial charge in [-0.15, -0.1) is 0 Å². The second kappa shape index (κ2) is 7.81. The zero-order valence-electron chi connectivity index (χ0n) is 10.5. The molecule has 18 heavy (non-hydrogen) atoms. The van der Waals surface area contributed by atoms with Gasteiger partial charge in [-0.25, -0.2) is 0 Å². The molecule has 1 amide bonds. The molecule has 1 atom stereocenters. The average Bonchev–Trinajstić information content (AvgIpc) is 2.39. The maximum absolute atomic E-state index is 11.2. The predicted octanol–water partition coefficient (Wildman–Crippen LogP) is 0.650. The van der Waals surface area contributed by atoms with Crippen molar-refractivity contribution in [1.29, 1.82) is 0 Å². The summed E-state index contributed by atoms with van der Waals surface area (Å²) in [5.41, 5.74) is 1.50. The lowest BCUT2D eigenvalue weighted by molar-refractivity contribution is -0.115. The summed E-state index contributed by atoms with van der Waals surface area (Å²) in [6, 6.07) is 7.07. The highest BCUT2D eigenvalue weighted by Crippen LogP contribution is 2.15. The van der Waals surface area contributed by atoms with Crippen molar-refractivity contribution < 1.29 is 15.0 Å². The van der Waals surface area contributed by atoms with Crippen LogP contribution in [0, 0.1) is 0 Å². The number of hydrogen-bond acceptors (Lipinski definition) is 4. The summed E-state index contributed by atoms with van der Waals surface area (Å²) in [6.07, 6.45) is -0.178. The maximum atomic E-state index is 11.2. The molecule has 1 unspecified atom stereocenters. The summed E-state index contributed by atoms with van der Waals surface area (Å²) in [4.78, 5) is 11.2. The molecule has 100 valence electrons. The fraction of sp³-hybridized carbons (Fsp3) is 0.462. The molecular formula is C13H20N2O3. The molecule has 0 saturated carbocycles. The minimum absolute atomic E-state index is 0.0343. The Morgan fingerprint density at radius 1 is 1.33 bits per heavy atom. The van der Waals surface area contributed by atoms with Gasteiger partial charge in [0.05, 0.1) is 12.7 Å². The molecule has 0 radical (unpaired) electrons. The quantitative estimate of drug-likeness (QED) is 0.537. The van der Waals surface area contributed by atoms with Gasteiger partial charge in [0.1, 0.15) is 0 Å². The molecular weight excluding hydrogens is 232 g/mol.